The van der Waals surface area contributed by atoms with Crippen LogP contribution in [0.15, 0.2) is 5.10 Å². The van der Waals surface area contributed by atoms with Crippen LogP contribution in [0.1, 0.15) is 6.92 Å². The lowest BCUT2D eigenvalue weighted by Gasteiger charge is -2.17. The Balaban J connectivity index is 2.55. The molecule has 1 aliphatic heterocycles. The molecule has 1 rings (SSSR count). The lowest BCUT2D eigenvalue weighted by molar-refractivity contribution is 0.245. The lowest BCUT2D eigenvalue weighted by atomic mass is 10.6. The molecule has 0 spiro atoms. The smallest absolute Gasteiger partial charge is 0.126 e. The van der Waals surface area contributed by atoms with Crippen molar-refractivity contribution in [3.8, 4) is 0 Å². The molecule has 1 atom stereocenters. The summed E-state index contributed by atoms with van der Waals surface area (Å²) in [5.74, 6) is 0. The SMILES string of the molecule is CC1N(Br)C=NN1C. The van der Waals surface area contributed by atoms with Crippen molar-refractivity contribution in [2.45, 2.75) is 13.1 Å². The van der Waals surface area contributed by atoms with Crippen molar-refractivity contribution in [3.05, 3.63) is 0 Å². The molecule has 1 heterocycles. The molecule has 1 unspecified atom stereocenters. The molecule has 1 aliphatic rings. The summed E-state index contributed by atoms with van der Waals surface area (Å²) in [5, 5.41) is 5.86. The highest BCUT2D eigenvalue weighted by molar-refractivity contribution is 9.07. The van der Waals surface area contributed by atoms with Crippen molar-refractivity contribution in [1.29, 1.82) is 0 Å². The highest BCUT2D eigenvalue weighted by atomic mass is 79.9. The quantitative estimate of drug-likeness (QED) is 0.511. The largest absolute Gasteiger partial charge is 0.276 e. The summed E-state index contributed by atoms with van der Waals surface area (Å²) in [6, 6.07) is 0. The standard InChI is InChI=1S/C4H8BrN3/c1-4-7(2)6-3-8(4)5/h3-4H,1-2H3. The number of rotatable bonds is 0. The fourth-order valence-electron chi connectivity index (χ4n) is 0.483. The fourth-order valence-corrected chi connectivity index (χ4v) is 0.830. The first-order valence-electron chi connectivity index (χ1n) is 2.43. The van der Waals surface area contributed by atoms with E-state index in [1.54, 1.807) is 6.34 Å². The molecule has 0 amide bonds. The topological polar surface area (TPSA) is 18.8 Å². The Labute approximate surface area is 57.3 Å². The summed E-state index contributed by atoms with van der Waals surface area (Å²) in [6.07, 6.45) is 2.08. The van der Waals surface area contributed by atoms with Crippen LogP contribution in [-0.4, -0.2) is 28.5 Å². The molecule has 0 aromatic rings. The number of nitrogens with zero attached hydrogens (tertiary/aromatic N) is 3. The van der Waals surface area contributed by atoms with Gasteiger partial charge >= 0.3 is 0 Å². The van der Waals surface area contributed by atoms with E-state index in [1.807, 2.05) is 16.0 Å². The maximum absolute atomic E-state index is 3.99. The third-order valence-electron chi connectivity index (χ3n) is 1.24. The molecule has 0 fully saturated rings. The van der Waals surface area contributed by atoms with Crippen molar-refractivity contribution in [2.75, 3.05) is 7.05 Å². The minimum atomic E-state index is 0.343. The van der Waals surface area contributed by atoms with E-state index < -0.39 is 0 Å². The molecule has 3 nitrogen and oxygen atoms in total. The molecule has 0 aliphatic carbocycles. The molecule has 0 saturated heterocycles. The van der Waals surface area contributed by atoms with E-state index in [2.05, 4.69) is 28.2 Å². The normalized spacial score (nSPS) is 27.6. The summed E-state index contributed by atoms with van der Waals surface area (Å²) in [7, 11) is 1.93. The van der Waals surface area contributed by atoms with Gasteiger partial charge in [0.2, 0.25) is 0 Å². The Morgan fingerprint density at radius 3 is 2.50 bits per heavy atom. The van der Waals surface area contributed by atoms with Gasteiger partial charge in [-0.05, 0) is 6.92 Å². The van der Waals surface area contributed by atoms with Crippen molar-refractivity contribution < 1.29 is 0 Å². The van der Waals surface area contributed by atoms with E-state index in [0.717, 1.165) is 0 Å². The highest BCUT2D eigenvalue weighted by Crippen LogP contribution is 2.11. The Morgan fingerprint density at radius 2 is 2.38 bits per heavy atom. The van der Waals surface area contributed by atoms with Gasteiger partial charge in [-0.2, -0.15) is 5.10 Å². The lowest BCUT2D eigenvalue weighted by Crippen LogP contribution is -2.27. The second-order valence-corrected chi connectivity index (χ2v) is 2.60. The van der Waals surface area contributed by atoms with Crippen LogP contribution >= 0.6 is 16.1 Å². The van der Waals surface area contributed by atoms with Crippen molar-refractivity contribution in [1.82, 2.24) is 8.93 Å². The maximum Gasteiger partial charge on any atom is 0.126 e. The summed E-state index contributed by atoms with van der Waals surface area (Å²) in [5.41, 5.74) is 0. The van der Waals surface area contributed by atoms with Crippen LogP contribution in [0.5, 0.6) is 0 Å². The predicted molar refractivity (Wildman–Crippen MR) is 36.5 cm³/mol. The molecule has 0 radical (unpaired) electrons. The van der Waals surface area contributed by atoms with Gasteiger partial charge in [-0.15, -0.1) is 0 Å². The van der Waals surface area contributed by atoms with Crippen LogP contribution in [0.2, 0.25) is 0 Å². The van der Waals surface area contributed by atoms with Gasteiger partial charge in [0, 0.05) is 7.05 Å². The van der Waals surface area contributed by atoms with E-state index in [-0.39, 0.29) is 0 Å². The average Bonchev–Trinajstić information content (AvgIpc) is 1.98. The van der Waals surface area contributed by atoms with Gasteiger partial charge in [-0.3, -0.25) is 8.93 Å². The summed E-state index contributed by atoms with van der Waals surface area (Å²) >= 11 is 3.29. The zero-order valence-electron chi connectivity index (χ0n) is 4.87. The first kappa shape index (κ1) is 5.88. The number of halogens is 1. The Morgan fingerprint density at radius 1 is 1.75 bits per heavy atom. The van der Waals surface area contributed by atoms with Crippen LogP contribution in [0, 0.1) is 0 Å². The Hall–Kier alpha value is -0.250. The second kappa shape index (κ2) is 1.93. The summed E-state index contributed by atoms with van der Waals surface area (Å²) < 4.78 is 1.87. The number of hydrazone groups is 1. The molecule has 0 aromatic carbocycles. The molecule has 8 heavy (non-hydrogen) atoms. The van der Waals surface area contributed by atoms with E-state index in [9.17, 15) is 0 Å². The van der Waals surface area contributed by atoms with Crippen molar-refractivity contribution >= 4 is 22.5 Å². The third kappa shape index (κ3) is 0.798. The predicted octanol–water partition coefficient (Wildman–Crippen LogP) is 0.833. The van der Waals surface area contributed by atoms with Gasteiger partial charge in [0.05, 0.1) is 16.1 Å². The minimum absolute atomic E-state index is 0.343. The first-order chi connectivity index (χ1) is 3.72. The fraction of sp³-hybridized carbons (Fsp3) is 0.750. The van der Waals surface area contributed by atoms with Gasteiger partial charge in [-0.25, -0.2) is 0 Å². The van der Waals surface area contributed by atoms with Gasteiger partial charge in [0.1, 0.15) is 12.5 Å². The van der Waals surface area contributed by atoms with Crippen LogP contribution in [0.4, 0.5) is 0 Å². The molecular formula is C4H8BrN3. The number of hydrogen-bond donors (Lipinski definition) is 0. The molecule has 0 N–H and O–H groups in total. The van der Waals surface area contributed by atoms with Gasteiger partial charge in [-0.1, -0.05) is 0 Å². The van der Waals surface area contributed by atoms with Crippen molar-refractivity contribution in [3.63, 3.8) is 0 Å². The average molecular weight is 178 g/mol. The van der Waals surface area contributed by atoms with E-state index in [0.29, 0.717) is 6.17 Å². The molecule has 4 heteroatoms. The van der Waals surface area contributed by atoms with E-state index >= 15 is 0 Å². The Bertz CT molecular complexity index is 102. The van der Waals surface area contributed by atoms with Crippen LogP contribution in [-0.2, 0) is 0 Å². The molecule has 0 bridgehead atoms. The molecular weight excluding hydrogens is 170 g/mol. The van der Waals surface area contributed by atoms with Crippen LogP contribution in [0.3, 0.4) is 0 Å². The number of hydrogen-bond acceptors (Lipinski definition) is 3. The van der Waals surface area contributed by atoms with Crippen molar-refractivity contribution in [2.24, 2.45) is 5.10 Å². The van der Waals surface area contributed by atoms with Crippen LogP contribution in [0.25, 0.3) is 0 Å². The van der Waals surface area contributed by atoms with E-state index in [4.69, 9.17) is 0 Å². The first-order valence-corrected chi connectivity index (χ1v) is 3.14. The zero-order valence-corrected chi connectivity index (χ0v) is 6.46. The van der Waals surface area contributed by atoms with E-state index in [1.165, 1.54) is 0 Å². The van der Waals surface area contributed by atoms with Gasteiger partial charge in [0.25, 0.3) is 0 Å². The second-order valence-electron chi connectivity index (χ2n) is 1.78. The van der Waals surface area contributed by atoms with Gasteiger partial charge < -0.3 is 0 Å². The summed E-state index contributed by atoms with van der Waals surface area (Å²) in [6.45, 7) is 2.06. The van der Waals surface area contributed by atoms with Crippen LogP contribution < -0.4 is 0 Å². The highest BCUT2D eigenvalue weighted by Gasteiger charge is 2.16. The Kier molecular flexibility index (Phi) is 1.42. The summed E-state index contributed by atoms with van der Waals surface area (Å²) in [4.78, 5) is 0. The molecule has 0 saturated carbocycles. The minimum Gasteiger partial charge on any atom is -0.276 e. The monoisotopic (exact) mass is 177 g/mol. The third-order valence-corrected chi connectivity index (χ3v) is 2.02. The van der Waals surface area contributed by atoms with Gasteiger partial charge in [0.15, 0.2) is 0 Å². The molecule has 46 valence electrons. The maximum atomic E-state index is 3.99. The zero-order chi connectivity index (χ0) is 6.15. The molecule has 0 aromatic heterocycles.